The molecule has 2 aromatic heterocycles. The van der Waals surface area contributed by atoms with Gasteiger partial charge in [-0.2, -0.15) is 0 Å². The summed E-state index contributed by atoms with van der Waals surface area (Å²) in [6.07, 6.45) is 1.57. The molecule has 19 heavy (non-hydrogen) atoms. The van der Waals surface area contributed by atoms with Gasteiger partial charge in [0.2, 0.25) is 0 Å². The molecule has 0 aliphatic rings. The standard InChI is InChI=1S/C11H16N6OS/c1-7(2)9-6-19-11(13-9)14-10(18)8-5-17(4-3-12)16-15-8/h5-7H,3-4,12H2,1-2H3,(H,13,14,18). The first-order valence-electron chi connectivity index (χ1n) is 5.97. The lowest BCUT2D eigenvalue weighted by molar-refractivity contribution is 0.102. The van der Waals surface area contributed by atoms with Crippen LogP contribution in [0.2, 0.25) is 0 Å². The van der Waals surface area contributed by atoms with Gasteiger partial charge in [0.1, 0.15) is 0 Å². The van der Waals surface area contributed by atoms with Crippen LogP contribution in [0.4, 0.5) is 5.13 Å². The van der Waals surface area contributed by atoms with Crippen LogP contribution >= 0.6 is 11.3 Å². The number of thiazole rings is 1. The summed E-state index contributed by atoms with van der Waals surface area (Å²) >= 11 is 1.40. The maximum atomic E-state index is 11.9. The third-order valence-electron chi connectivity index (χ3n) is 2.46. The summed E-state index contributed by atoms with van der Waals surface area (Å²) in [5, 5.41) is 12.8. The summed E-state index contributed by atoms with van der Waals surface area (Å²) < 4.78 is 1.54. The molecule has 0 atom stereocenters. The Hall–Kier alpha value is -1.80. The van der Waals surface area contributed by atoms with Gasteiger partial charge in [-0.1, -0.05) is 19.1 Å². The van der Waals surface area contributed by atoms with Crippen molar-refractivity contribution in [3.63, 3.8) is 0 Å². The van der Waals surface area contributed by atoms with Crippen molar-refractivity contribution in [1.29, 1.82) is 0 Å². The highest BCUT2D eigenvalue weighted by Gasteiger charge is 2.13. The molecule has 0 spiro atoms. The number of aromatic nitrogens is 4. The Morgan fingerprint density at radius 1 is 1.58 bits per heavy atom. The van der Waals surface area contributed by atoms with Crippen LogP contribution in [0.15, 0.2) is 11.6 Å². The maximum absolute atomic E-state index is 11.9. The van der Waals surface area contributed by atoms with Crippen LogP contribution in [0.3, 0.4) is 0 Å². The molecule has 0 aliphatic carbocycles. The average Bonchev–Trinajstić information content (AvgIpc) is 2.98. The predicted molar refractivity (Wildman–Crippen MR) is 73.2 cm³/mol. The number of nitrogens with two attached hydrogens (primary N) is 1. The van der Waals surface area contributed by atoms with Crippen LogP contribution in [0.1, 0.15) is 35.9 Å². The number of amides is 1. The topological polar surface area (TPSA) is 98.7 Å². The molecular weight excluding hydrogens is 264 g/mol. The fourth-order valence-corrected chi connectivity index (χ4v) is 2.28. The fraction of sp³-hybridized carbons (Fsp3) is 0.455. The highest BCUT2D eigenvalue weighted by atomic mass is 32.1. The first-order valence-corrected chi connectivity index (χ1v) is 6.85. The van der Waals surface area contributed by atoms with Gasteiger partial charge in [-0.15, -0.1) is 16.4 Å². The van der Waals surface area contributed by atoms with Gasteiger partial charge in [-0.25, -0.2) is 4.98 Å². The Bertz CT molecular complexity index is 561. The zero-order chi connectivity index (χ0) is 13.8. The molecule has 0 bridgehead atoms. The number of carbonyl (C=O) groups is 1. The number of rotatable bonds is 5. The van der Waals surface area contributed by atoms with Crippen molar-refractivity contribution in [3.05, 3.63) is 23.0 Å². The van der Waals surface area contributed by atoms with E-state index in [0.717, 1.165) is 5.69 Å². The Kier molecular flexibility index (Phi) is 4.23. The second kappa shape index (κ2) is 5.89. The van der Waals surface area contributed by atoms with Crippen LogP contribution in [0, 0.1) is 0 Å². The minimum atomic E-state index is -0.312. The third-order valence-corrected chi connectivity index (χ3v) is 3.24. The second-order valence-corrected chi connectivity index (χ2v) is 5.20. The van der Waals surface area contributed by atoms with Crippen molar-refractivity contribution in [3.8, 4) is 0 Å². The van der Waals surface area contributed by atoms with E-state index in [4.69, 9.17) is 5.73 Å². The van der Waals surface area contributed by atoms with Crippen molar-refractivity contribution in [2.75, 3.05) is 11.9 Å². The molecule has 0 saturated heterocycles. The van der Waals surface area contributed by atoms with Crippen molar-refractivity contribution in [1.82, 2.24) is 20.0 Å². The number of anilines is 1. The van der Waals surface area contributed by atoms with E-state index in [9.17, 15) is 4.79 Å². The maximum Gasteiger partial charge on any atom is 0.279 e. The lowest BCUT2D eigenvalue weighted by Gasteiger charge is -1.98. The number of nitrogens with one attached hydrogen (secondary N) is 1. The number of carbonyl (C=O) groups excluding carboxylic acids is 1. The summed E-state index contributed by atoms with van der Waals surface area (Å²) in [7, 11) is 0. The molecule has 7 nitrogen and oxygen atoms in total. The van der Waals surface area contributed by atoms with E-state index in [2.05, 4.69) is 34.5 Å². The smallest absolute Gasteiger partial charge is 0.279 e. The number of hydrogen-bond donors (Lipinski definition) is 2. The van der Waals surface area contributed by atoms with E-state index >= 15 is 0 Å². The van der Waals surface area contributed by atoms with Gasteiger partial charge in [0.25, 0.3) is 5.91 Å². The van der Waals surface area contributed by atoms with Gasteiger partial charge >= 0.3 is 0 Å². The van der Waals surface area contributed by atoms with Crippen molar-refractivity contribution < 1.29 is 4.79 Å². The molecular formula is C11H16N6OS. The molecule has 0 aliphatic heterocycles. The zero-order valence-corrected chi connectivity index (χ0v) is 11.6. The van der Waals surface area contributed by atoms with E-state index in [0.29, 0.717) is 24.1 Å². The van der Waals surface area contributed by atoms with Crippen LogP contribution < -0.4 is 11.1 Å². The predicted octanol–water partition coefficient (Wildman–Crippen LogP) is 1.07. The fourth-order valence-electron chi connectivity index (χ4n) is 1.41. The third kappa shape index (κ3) is 3.36. The van der Waals surface area contributed by atoms with Crippen molar-refractivity contribution in [2.24, 2.45) is 5.73 Å². The Labute approximate surface area is 114 Å². The summed E-state index contributed by atoms with van der Waals surface area (Å²) in [5.41, 5.74) is 6.63. The molecule has 102 valence electrons. The molecule has 0 saturated carbocycles. The molecule has 1 amide bonds. The van der Waals surface area contributed by atoms with Crippen LogP contribution in [0.25, 0.3) is 0 Å². The van der Waals surface area contributed by atoms with Gasteiger partial charge in [-0.05, 0) is 5.92 Å². The molecule has 0 radical (unpaired) electrons. The van der Waals surface area contributed by atoms with Crippen LogP contribution in [0.5, 0.6) is 0 Å². The Morgan fingerprint density at radius 3 is 3.00 bits per heavy atom. The molecule has 8 heteroatoms. The zero-order valence-electron chi connectivity index (χ0n) is 10.8. The van der Waals surface area contributed by atoms with E-state index < -0.39 is 0 Å². The number of nitrogens with zero attached hydrogens (tertiary/aromatic N) is 4. The minimum Gasteiger partial charge on any atom is -0.329 e. The monoisotopic (exact) mass is 280 g/mol. The summed E-state index contributed by atoms with van der Waals surface area (Å²) in [6.45, 7) is 5.10. The molecule has 2 heterocycles. The highest BCUT2D eigenvalue weighted by molar-refractivity contribution is 7.14. The van der Waals surface area contributed by atoms with Crippen molar-refractivity contribution >= 4 is 22.4 Å². The van der Waals surface area contributed by atoms with Gasteiger partial charge in [0.15, 0.2) is 10.8 Å². The molecule has 0 aromatic carbocycles. The molecule has 2 rings (SSSR count). The van der Waals surface area contributed by atoms with Crippen molar-refractivity contribution in [2.45, 2.75) is 26.3 Å². The molecule has 2 aromatic rings. The molecule has 3 N–H and O–H groups in total. The normalized spacial score (nSPS) is 10.9. The van der Waals surface area contributed by atoms with Gasteiger partial charge in [-0.3, -0.25) is 14.8 Å². The SMILES string of the molecule is CC(C)c1csc(NC(=O)c2cn(CCN)nn2)n1. The highest BCUT2D eigenvalue weighted by Crippen LogP contribution is 2.21. The van der Waals surface area contributed by atoms with E-state index in [1.807, 2.05) is 5.38 Å². The average molecular weight is 280 g/mol. The van der Waals surface area contributed by atoms with E-state index in [1.165, 1.54) is 16.0 Å². The number of hydrogen-bond acceptors (Lipinski definition) is 6. The largest absolute Gasteiger partial charge is 0.329 e. The summed E-state index contributed by atoms with van der Waals surface area (Å²) in [4.78, 5) is 16.2. The van der Waals surface area contributed by atoms with Crippen LogP contribution in [-0.4, -0.2) is 32.4 Å². The van der Waals surface area contributed by atoms with Gasteiger partial charge in [0.05, 0.1) is 18.4 Å². The summed E-state index contributed by atoms with van der Waals surface area (Å²) in [6, 6.07) is 0. The first-order chi connectivity index (χ1) is 9.10. The molecule has 0 unspecified atom stereocenters. The quantitative estimate of drug-likeness (QED) is 0.853. The second-order valence-electron chi connectivity index (χ2n) is 4.34. The Morgan fingerprint density at radius 2 is 2.37 bits per heavy atom. The lowest BCUT2D eigenvalue weighted by atomic mass is 10.2. The van der Waals surface area contributed by atoms with Crippen LogP contribution in [-0.2, 0) is 6.54 Å². The van der Waals surface area contributed by atoms with Gasteiger partial charge < -0.3 is 5.73 Å². The Balaban J connectivity index is 2.02. The first kappa shape index (κ1) is 13.6. The lowest BCUT2D eigenvalue weighted by Crippen LogP contribution is -2.12. The summed E-state index contributed by atoms with van der Waals surface area (Å²) in [5.74, 6) is 0.0280. The van der Waals surface area contributed by atoms with Gasteiger partial charge in [0, 0.05) is 11.9 Å². The minimum absolute atomic E-state index is 0.259. The van der Waals surface area contributed by atoms with E-state index in [1.54, 1.807) is 6.20 Å². The molecule has 0 fully saturated rings. The van der Waals surface area contributed by atoms with E-state index in [-0.39, 0.29) is 11.6 Å².